The standard InChI is InChI=1S/C16H15Cl4NO/c1-2-5-22-16-13(19)6-10(7-14(16)20)9-21-15-4-3-11(17)8-12(15)18/h3-4,6-8,21H,2,5,9H2,1H3. The van der Waals surface area contributed by atoms with E-state index in [-0.39, 0.29) is 0 Å². The first-order chi connectivity index (χ1) is 10.5. The topological polar surface area (TPSA) is 21.3 Å². The van der Waals surface area contributed by atoms with Crippen molar-refractivity contribution in [3.8, 4) is 5.75 Å². The highest BCUT2D eigenvalue weighted by atomic mass is 35.5. The summed E-state index contributed by atoms with van der Waals surface area (Å²) in [5.41, 5.74) is 1.73. The van der Waals surface area contributed by atoms with Crippen LogP contribution < -0.4 is 10.1 Å². The van der Waals surface area contributed by atoms with Crippen LogP contribution in [0.2, 0.25) is 20.1 Å². The molecule has 0 heterocycles. The number of rotatable bonds is 6. The number of ether oxygens (including phenoxy) is 1. The van der Waals surface area contributed by atoms with E-state index in [2.05, 4.69) is 5.32 Å². The summed E-state index contributed by atoms with van der Waals surface area (Å²) in [4.78, 5) is 0. The number of halogens is 4. The number of hydrogen-bond acceptors (Lipinski definition) is 2. The Morgan fingerprint density at radius 1 is 0.955 bits per heavy atom. The van der Waals surface area contributed by atoms with Crippen molar-refractivity contribution in [1.82, 2.24) is 0 Å². The second-order valence-electron chi connectivity index (χ2n) is 4.71. The van der Waals surface area contributed by atoms with Gasteiger partial charge in [-0.1, -0.05) is 53.3 Å². The van der Waals surface area contributed by atoms with Crippen molar-refractivity contribution in [2.24, 2.45) is 0 Å². The molecule has 6 heteroatoms. The first-order valence-electron chi connectivity index (χ1n) is 6.81. The summed E-state index contributed by atoms with van der Waals surface area (Å²) in [5, 5.41) is 5.38. The van der Waals surface area contributed by atoms with Gasteiger partial charge in [-0.05, 0) is 42.3 Å². The van der Waals surface area contributed by atoms with Gasteiger partial charge in [-0.25, -0.2) is 0 Å². The third kappa shape index (κ3) is 4.60. The van der Waals surface area contributed by atoms with E-state index in [0.29, 0.717) is 39.0 Å². The maximum atomic E-state index is 6.22. The minimum atomic E-state index is 0.500. The van der Waals surface area contributed by atoms with Crippen LogP contribution in [-0.4, -0.2) is 6.61 Å². The van der Waals surface area contributed by atoms with Crippen molar-refractivity contribution in [1.29, 1.82) is 0 Å². The van der Waals surface area contributed by atoms with Crippen LogP contribution in [0.4, 0.5) is 5.69 Å². The summed E-state index contributed by atoms with van der Waals surface area (Å²) >= 11 is 24.4. The molecule has 0 amide bonds. The average Bonchev–Trinajstić information content (AvgIpc) is 2.45. The Morgan fingerprint density at radius 3 is 2.23 bits per heavy atom. The molecule has 0 aliphatic rings. The van der Waals surface area contributed by atoms with Crippen LogP contribution in [-0.2, 0) is 6.54 Å². The zero-order chi connectivity index (χ0) is 16.1. The van der Waals surface area contributed by atoms with Crippen molar-refractivity contribution in [2.75, 3.05) is 11.9 Å². The molecule has 0 unspecified atom stereocenters. The van der Waals surface area contributed by atoms with Crippen LogP contribution in [0.15, 0.2) is 30.3 Å². The van der Waals surface area contributed by atoms with E-state index >= 15 is 0 Å². The van der Waals surface area contributed by atoms with Gasteiger partial charge < -0.3 is 10.1 Å². The summed E-state index contributed by atoms with van der Waals surface area (Å²) in [5.74, 6) is 0.526. The number of benzene rings is 2. The van der Waals surface area contributed by atoms with Crippen molar-refractivity contribution >= 4 is 52.1 Å². The monoisotopic (exact) mass is 377 g/mol. The van der Waals surface area contributed by atoms with E-state index in [1.807, 2.05) is 25.1 Å². The van der Waals surface area contributed by atoms with Gasteiger partial charge >= 0.3 is 0 Å². The van der Waals surface area contributed by atoms with Crippen LogP contribution in [0.3, 0.4) is 0 Å². The van der Waals surface area contributed by atoms with Crippen molar-refractivity contribution < 1.29 is 4.74 Å². The highest BCUT2D eigenvalue weighted by Crippen LogP contribution is 2.35. The summed E-state index contributed by atoms with van der Waals surface area (Å²) < 4.78 is 5.55. The third-order valence-corrected chi connectivity index (χ3v) is 4.03. The van der Waals surface area contributed by atoms with Crippen LogP contribution in [0.1, 0.15) is 18.9 Å². The van der Waals surface area contributed by atoms with Gasteiger partial charge in [0.25, 0.3) is 0 Å². The van der Waals surface area contributed by atoms with Crippen molar-refractivity contribution in [3.63, 3.8) is 0 Å². The molecule has 1 N–H and O–H groups in total. The zero-order valence-corrected chi connectivity index (χ0v) is 15.0. The van der Waals surface area contributed by atoms with Crippen molar-refractivity contribution in [2.45, 2.75) is 19.9 Å². The van der Waals surface area contributed by atoms with E-state index in [9.17, 15) is 0 Å². The lowest BCUT2D eigenvalue weighted by molar-refractivity contribution is 0.318. The van der Waals surface area contributed by atoms with Gasteiger partial charge in [0, 0.05) is 11.6 Å². The Kier molecular flexibility index (Phi) is 6.51. The Morgan fingerprint density at radius 2 is 1.64 bits per heavy atom. The largest absolute Gasteiger partial charge is 0.490 e. The van der Waals surface area contributed by atoms with E-state index in [4.69, 9.17) is 51.1 Å². The maximum Gasteiger partial charge on any atom is 0.156 e. The fourth-order valence-corrected chi connectivity index (χ4v) is 3.00. The molecular weight excluding hydrogens is 364 g/mol. The molecule has 0 saturated heterocycles. The molecule has 2 aromatic rings. The molecule has 0 aliphatic carbocycles. The molecule has 0 saturated carbocycles. The Balaban J connectivity index is 2.10. The number of hydrogen-bond donors (Lipinski definition) is 1. The van der Waals surface area contributed by atoms with Crippen LogP contribution in [0, 0.1) is 0 Å². The highest BCUT2D eigenvalue weighted by molar-refractivity contribution is 6.37. The lowest BCUT2D eigenvalue weighted by Gasteiger charge is -2.13. The van der Waals surface area contributed by atoms with E-state index in [1.165, 1.54) is 0 Å². The molecule has 2 rings (SSSR count). The SMILES string of the molecule is CCCOc1c(Cl)cc(CNc2ccc(Cl)cc2Cl)cc1Cl. The molecule has 2 nitrogen and oxygen atoms in total. The number of nitrogens with one attached hydrogen (secondary N) is 1. The second kappa shape index (κ2) is 8.16. The number of anilines is 1. The van der Waals surface area contributed by atoms with Crippen LogP contribution in [0.5, 0.6) is 5.75 Å². The molecule has 0 spiro atoms. The molecule has 0 fully saturated rings. The highest BCUT2D eigenvalue weighted by Gasteiger charge is 2.10. The molecule has 0 aromatic heterocycles. The average molecular weight is 379 g/mol. The van der Waals surface area contributed by atoms with Gasteiger partial charge in [-0.15, -0.1) is 0 Å². The summed E-state index contributed by atoms with van der Waals surface area (Å²) in [6.45, 7) is 3.14. The van der Waals surface area contributed by atoms with Gasteiger partial charge in [-0.2, -0.15) is 0 Å². The summed E-state index contributed by atoms with van der Waals surface area (Å²) in [6, 6.07) is 8.95. The van der Waals surface area contributed by atoms with Crippen LogP contribution >= 0.6 is 46.4 Å². The van der Waals surface area contributed by atoms with Crippen LogP contribution in [0.25, 0.3) is 0 Å². The Labute approximate surface area is 150 Å². The summed E-state index contributed by atoms with van der Waals surface area (Å²) in [7, 11) is 0. The smallest absolute Gasteiger partial charge is 0.156 e. The molecular formula is C16H15Cl4NO. The van der Waals surface area contributed by atoms with Gasteiger partial charge in [0.2, 0.25) is 0 Å². The lowest BCUT2D eigenvalue weighted by atomic mass is 10.2. The van der Waals surface area contributed by atoms with Gasteiger partial charge in [0.1, 0.15) is 0 Å². The lowest BCUT2D eigenvalue weighted by Crippen LogP contribution is -2.02. The van der Waals surface area contributed by atoms with E-state index < -0.39 is 0 Å². The third-order valence-electron chi connectivity index (χ3n) is 2.92. The second-order valence-corrected chi connectivity index (χ2v) is 6.37. The van der Waals surface area contributed by atoms with Gasteiger partial charge in [0.05, 0.1) is 27.4 Å². The first-order valence-corrected chi connectivity index (χ1v) is 8.32. The molecule has 0 bridgehead atoms. The fourth-order valence-electron chi connectivity index (χ4n) is 1.89. The molecule has 22 heavy (non-hydrogen) atoms. The predicted molar refractivity (Wildman–Crippen MR) is 96.0 cm³/mol. The van der Waals surface area contributed by atoms with E-state index in [0.717, 1.165) is 17.7 Å². The van der Waals surface area contributed by atoms with Gasteiger partial charge in [0.15, 0.2) is 5.75 Å². The van der Waals surface area contributed by atoms with Crippen molar-refractivity contribution in [3.05, 3.63) is 56.0 Å². The molecule has 118 valence electrons. The molecule has 0 aliphatic heterocycles. The minimum Gasteiger partial charge on any atom is -0.490 e. The van der Waals surface area contributed by atoms with E-state index in [1.54, 1.807) is 12.1 Å². The zero-order valence-electron chi connectivity index (χ0n) is 11.9. The minimum absolute atomic E-state index is 0.500. The fraction of sp³-hybridized carbons (Fsp3) is 0.250. The Bertz CT molecular complexity index is 638. The quantitative estimate of drug-likeness (QED) is 0.603. The first kappa shape index (κ1) is 17.6. The molecule has 0 radical (unpaired) electrons. The Hall–Kier alpha value is -0.800. The summed E-state index contributed by atoms with van der Waals surface area (Å²) in [6.07, 6.45) is 0.894. The molecule has 0 atom stereocenters. The predicted octanol–water partition coefficient (Wildman–Crippen LogP) is 6.70. The normalized spacial score (nSPS) is 10.6. The molecule has 2 aromatic carbocycles. The van der Waals surface area contributed by atoms with Gasteiger partial charge in [-0.3, -0.25) is 0 Å². The maximum absolute atomic E-state index is 6.22.